The first-order chi connectivity index (χ1) is 8.47. The van der Waals surface area contributed by atoms with E-state index in [4.69, 9.17) is 0 Å². The summed E-state index contributed by atoms with van der Waals surface area (Å²) in [5.74, 6) is -0.279. The molecule has 1 atom stereocenters. The van der Waals surface area contributed by atoms with E-state index in [2.05, 4.69) is 18.7 Å². The third-order valence-corrected chi connectivity index (χ3v) is 2.94. The zero-order valence-corrected chi connectivity index (χ0v) is 11.3. The highest BCUT2D eigenvalue weighted by molar-refractivity contribution is 5.20. The van der Waals surface area contributed by atoms with Crippen LogP contribution in [0, 0.1) is 0 Å². The second kappa shape index (κ2) is 6.56. The molecule has 0 spiro atoms. The lowest BCUT2D eigenvalue weighted by Crippen LogP contribution is -2.27. The van der Waals surface area contributed by atoms with Gasteiger partial charge in [-0.05, 0) is 20.0 Å². The van der Waals surface area contributed by atoms with Gasteiger partial charge in [0, 0.05) is 24.8 Å². The third-order valence-electron chi connectivity index (χ3n) is 2.94. The van der Waals surface area contributed by atoms with Crippen molar-refractivity contribution in [3.8, 4) is 5.75 Å². The van der Waals surface area contributed by atoms with Crippen LogP contribution in [0.1, 0.15) is 26.5 Å². The molecule has 0 amide bonds. The van der Waals surface area contributed by atoms with Gasteiger partial charge < -0.3 is 14.8 Å². The number of hydrogen-bond acceptors (Lipinski definition) is 4. The Balaban J connectivity index is 3.06. The van der Waals surface area contributed by atoms with Crippen LogP contribution in [0.4, 0.5) is 0 Å². The van der Waals surface area contributed by atoms with Crippen LogP contribution in [0.15, 0.2) is 17.1 Å². The van der Waals surface area contributed by atoms with Crippen LogP contribution in [0.5, 0.6) is 5.75 Å². The van der Waals surface area contributed by atoms with E-state index in [1.54, 1.807) is 11.5 Å². The molecule has 0 aliphatic heterocycles. The Kier molecular flexibility index (Phi) is 5.37. The maximum Gasteiger partial charge on any atom is 0.223 e. The molecule has 2 N–H and O–H groups in total. The van der Waals surface area contributed by atoms with Crippen molar-refractivity contribution in [3.63, 3.8) is 0 Å². The van der Waals surface area contributed by atoms with E-state index >= 15 is 0 Å². The Bertz CT molecular complexity index is 436. The minimum Gasteiger partial charge on any atom is -0.503 e. The first-order valence-corrected chi connectivity index (χ1v) is 6.30. The zero-order chi connectivity index (χ0) is 13.7. The van der Waals surface area contributed by atoms with Gasteiger partial charge in [0.1, 0.15) is 0 Å². The van der Waals surface area contributed by atoms with Crippen LogP contribution in [-0.2, 0) is 13.1 Å². The van der Waals surface area contributed by atoms with Crippen LogP contribution in [0.25, 0.3) is 0 Å². The number of aromatic hydroxyl groups is 1. The topological polar surface area (TPSA) is 65.7 Å². The number of nitrogens with zero attached hydrogens (tertiary/aromatic N) is 2. The molecule has 0 radical (unpaired) electrons. The zero-order valence-electron chi connectivity index (χ0n) is 11.3. The molecule has 0 saturated carbocycles. The van der Waals surface area contributed by atoms with Crippen molar-refractivity contribution in [2.45, 2.75) is 40.0 Å². The first kappa shape index (κ1) is 14.7. The summed E-state index contributed by atoms with van der Waals surface area (Å²) in [5.41, 5.74) is 0.432. The van der Waals surface area contributed by atoms with Crippen molar-refractivity contribution in [3.05, 3.63) is 28.2 Å². The van der Waals surface area contributed by atoms with Crippen LogP contribution >= 0.6 is 0 Å². The molecule has 0 aliphatic carbocycles. The van der Waals surface area contributed by atoms with Crippen molar-refractivity contribution in [1.82, 2.24) is 9.47 Å². The van der Waals surface area contributed by atoms with Crippen molar-refractivity contribution < 1.29 is 10.2 Å². The summed E-state index contributed by atoms with van der Waals surface area (Å²) >= 11 is 0. The number of rotatable bonds is 6. The molecule has 1 unspecified atom stereocenters. The van der Waals surface area contributed by atoms with Crippen molar-refractivity contribution in [2.75, 3.05) is 13.1 Å². The van der Waals surface area contributed by atoms with Crippen LogP contribution in [-0.4, -0.2) is 38.9 Å². The molecule has 0 fully saturated rings. The van der Waals surface area contributed by atoms with Gasteiger partial charge in [0.2, 0.25) is 5.43 Å². The lowest BCUT2D eigenvalue weighted by atomic mass is 10.2. The third kappa shape index (κ3) is 3.85. The average Bonchev–Trinajstić information content (AvgIpc) is 2.31. The van der Waals surface area contributed by atoms with E-state index in [1.807, 2.05) is 0 Å². The molecule has 5 nitrogen and oxygen atoms in total. The number of aliphatic hydroxyl groups excluding tert-OH is 1. The second-order valence-electron chi connectivity index (χ2n) is 4.48. The fourth-order valence-corrected chi connectivity index (χ4v) is 1.87. The average molecular weight is 254 g/mol. The second-order valence-corrected chi connectivity index (χ2v) is 4.48. The van der Waals surface area contributed by atoms with Crippen LogP contribution in [0.2, 0.25) is 0 Å². The predicted molar refractivity (Wildman–Crippen MR) is 70.7 cm³/mol. The molecule has 1 aromatic heterocycles. The van der Waals surface area contributed by atoms with E-state index in [0.717, 1.165) is 18.8 Å². The van der Waals surface area contributed by atoms with Crippen molar-refractivity contribution in [1.29, 1.82) is 0 Å². The normalized spacial score (nSPS) is 12.9. The Morgan fingerprint density at radius 2 is 2.00 bits per heavy atom. The fraction of sp³-hybridized carbons (Fsp3) is 0.615. The lowest BCUT2D eigenvalue weighted by Gasteiger charge is -2.22. The molecular weight excluding hydrogens is 232 g/mol. The molecule has 5 heteroatoms. The Morgan fingerprint density at radius 3 is 2.50 bits per heavy atom. The summed E-state index contributed by atoms with van der Waals surface area (Å²) in [6.45, 7) is 8.57. The molecule has 0 aromatic carbocycles. The predicted octanol–water partition coefficient (Wildman–Crippen LogP) is 0.776. The van der Waals surface area contributed by atoms with E-state index in [9.17, 15) is 15.0 Å². The van der Waals surface area contributed by atoms with Gasteiger partial charge in [-0.25, -0.2) is 0 Å². The largest absolute Gasteiger partial charge is 0.503 e. The number of pyridine rings is 1. The Morgan fingerprint density at radius 1 is 1.39 bits per heavy atom. The van der Waals surface area contributed by atoms with Gasteiger partial charge in [-0.3, -0.25) is 9.69 Å². The van der Waals surface area contributed by atoms with Crippen LogP contribution in [0.3, 0.4) is 0 Å². The molecule has 1 rings (SSSR count). The standard InChI is InChI=1S/C13H22N2O3/c1-4-14(5-2)8-11-6-12(17)13(18)9-15(11)7-10(3)16/h6,9-10,16,18H,4-5,7-8H2,1-3H3. The minimum atomic E-state index is -0.526. The molecule has 1 heterocycles. The Labute approximate surface area is 107 Å². The molecule has 102 valence electrons. The van der Waals surface area contributed by atoms with Crippen molar-refractivity contribution >= 4 is 0 Å². The van der Waals surface area contributed by atoms with E-state index in [1.165, 1.54) is 12.3 Å². The number of hydrogen-bond donors (Lipinski definition) is 2. The summed E-state index contributed by atoms with van der Waals surface area (Å²) in [6, 6.07) is 1.44. The first-order valence-electron chi connectivity index (χ1n) is 6.30. The van der Waals surface area contributed by atoms with Gasteiger partial charge in [0.25, 0.3) is 0 Å². The summed E-state index contributed by atoms with van der Waals surface area (Å²) in [7, 11) is 0. The summed E-state index contributed by atoms with van der Waals surface area (Å²) in [4.78, 5) is 13.7. The maximum absolute atomic E-state index is 11.5. The lowest BCUT2D eigenvalue weighted by molar-refractivity contribution is 0.169. The molecule has 0 saturated heterocycles. The smallest absolute Gasteiger partial charge is 0.223 e. The van der Waals surface area contributed by atoms with Gasteiger partial charge in [-0.1, -0.05) is 13.8 Å². The van der Waals surface area contributed by atoms with Gasteiger partial charge in [-0.2, -0.15) is 0 Å². The highest BCUT2D eigenvalue weighted by Crippen LogP contribution is 2.09. The fourth-order valence-electron chi connectivity index (χ4n) is 1.87. The van der Waals surface area contributed by atoms with E-state index in [0.29, 0.717) is 13.1 Å². The number of aromatic nitrogens is 1. The van der Waals surface area contributed by atoms with E-state index < -0.39 is 6.10 Å². The summed E-state index contributed by atoms with van der Waals surface area (Å²) < 4.78 is 1.74. The highest BCUT2D eigenvalue weighted by atomic mass is 16.3. The van der Waals surface area contributed by atoms with Crippen molar-refractivity contribution in [2.24, 2.45) is 0 Å². The Hall–Kier alpha value is -1.33. The van der Waals surface area contributed by atoms with E-state index in [-0.39, 0.29) is 11.2 Å². The summed E-state index contributed by atoms with van der Waals surface area (Å²) in [6.07, 6.45) is 0.871. The molecular formula is C13H22N2O3. The molecule has 0 aliphatic rings. The number of aliphatic hydroxyl groups is 1. The minimum absolute atomic E-state index is 0.279. The maximum atomic E-state index is 11.5. The van der Waals surface area contributed by atoms with Gasteiger partial charge >= 0.3 is 0 Å². The monoisotopic (exact) mass is 254 g/mol. The SMILES string of the molecule is CCN(CC)Cc1cc(=O)c(O)cn1CC(C)O. The van der Waals surface area contributed by atoms with Crippen LogP contribution < -0.4 is 5.43 Å². The van der Waals surface area contributed by atoms with Gasteiger partial charge in [0.05, 0.1) is 12.3 Å². The van der Waals surface area contributed by atoms with Gasteiger partial charge in [0.15, 0.2) is 5.75 Å². The molecule has 0 bridgehead atoms. The highest BCUT2D eigenvalue weighted by Gasteiger charge is 2.10. The molecule has 18 heavy (non-hydrogen) atoms. The quantitative estimate of drug-likeness (QED) is 0.787. The molecule has 1 aromatic rings. The van der Waals surface area contributed by atoms with Gasteiger partial charge in [-0.15, -0.1) is 0 Å². The summed E-state index contributed by atoms with van der Waals surface area (Å²) in [5, 5.41) is 18.9.